The summed E-state index contributed by atoms with van der Waals surface area (Å²) in [6.07, 6.45) is 0. The summed E-state index contributed by atoms with van der Waals surface area (Å²) < 4.78 is 20.4. The number of rotatable bonds is 4. The van der Waals surface area contributed by atoms with Crippen molar-refractivity contribution in [2.45, 2.75) is 0 Å². The van der Waals surface area contributed by atoms with Gasteiger partial charge < -0.3 is 18.6 Å². The number of hydrogen-bond acceptors (Lipinski definition) is 5. The first kappa shape index (κ1) is 11.5. The minimum atomic E-state index is -0.402. The molecule has 1 aromatic heterocycles. The van der Waals surface area contributed by atoms with Gasteiger partial charge in [-0.25, -0.2) is 4.79 Å². The highest BCUT2D eigenvalue weighted by atomic mass is 16.7. The molecule has 0 unspecified atom stereocenters. The van der Waals surface area contributed by atoms with E-state index in [1.807, 2.05) is 0 Å². The molecule has 0 fully saturated rings. The molecule has 2 aromatic rings. The summed E-state index contributed by atoms with van der Waals surface area (Å²) in [4.78, 5) is 11.1. The Morgan fingerprint density at radius 1 is 1.18 bits per heavy atom. The Labute approximate surface area is 97.5 Å². The zero-order valence-corrected chi connectivity index (χ0v) is 9.56. The number of methoxy groups -OCH3 is 2. The van der Waals surface area contributed by atoms with Crippen LogP contribution in [0.5, 0.6) is 11.5 Å². The molecule has 0 saturated carbocycles. The zero-order chi connectivity index (χ0) is 12.3. The summed E-state index contributed by atoms with van der Waals surface area (Å²) in [6.45, 7) is 0.0962. The Bertz CT molecular complexity index is 573. The van der Waals surface area contributed by atoms with E-state index in [1.54, 1.807) is 25.3 Å². The van der Waals surface area contributed by atoms with Crippen molar-refractivity contribution in [2.75, 3.05) is 21.0 Å². The second kappa shape index (κ2) is 4.88. The fourth-order valence-electron chi connectivity index (χ4n) is 1.47. The molecule has 0 aliphatic heterocycles. The molecule has 1 aromatic carbocycles. The third kappa shape index (κ3) is 2.39. The topological polar surface area (TPSA) is 57.9 Å². The summed E-state index contributed by atoms with van der Waals surface area (Å²) in [5.74, 6) is 1.03. The predicted molar refractivity (Wildman–Crippen MR) is 61.5 cm³/mol. The average Bonchev–Trinajstić information content (AvgIpc) is 2.35. The molecule has 0 N–H and O–H groups in total. The maximum atomic E-state index is 11.1. The van der Waals surface area contributed by atoms with Gasteiger partial charge in [-0.3, -0.25) is 0 Å². The number of fused-ring (bicyclic) bond motifs is 1. The van der Waals surface area contributed by atoms with E-state index in [1.165, 1.54) is 13.2 Å². The first-order valence-electron chi connectivity index (χ1n) is 4.98. The minimum absolute atomic E-state index is 0.0962. The van der Waals surface area contributed by atoms with Gasteiger partial charge in [-0.15, -0.1) is 0 Å². The minimum Gasteiger partial charge on any atom is -0.493 e. The fourth-order valence-corrected chi connectivity index (χ4v) is 1.47. The smallest absolute Gasteiger partial charge is 0.336 e. The Morgan fingerprint density at radius 2 is 2.00 bits per heavy atom. The highest BCUT2D eigenvalue weighted by Gasteiger charge is 2.08. The van der Waals surface area contributed by atoms with Crippen LogP contribution in [0.15, 0.2) is 33.5 Å². The summed E-state index contributed by atoms with van der Waals surface area (Å²) in [5, 5.41) is 0.770. The Balaban J connectivity index is 2.53. The van der Waals surface area contributed by atoms with E-state index in [0.717, 1.165) is 5.39 Å². The van der Waals surface area contributed by atoms with Crippen LogP contribution in [0.25, 0.3) is 11.0 Å². The Kier molecular flexibility index (Phi) is 3.30. The lowest BCUT2D eigenvalue weighted by Crippen LogP contribution is -2.01. The first-order chi connectivity index (χ1) is 8.24. The van der Waals surface area contributed by atoms with Crippen molar-refractivity contribution in [3.05, 3.63) is 34.7 Å². The van der Waals surface area contributed by atoms with Crippen LogP contribution in [0.3, 0.4) is 0 Å². The molecule has 0 aliphatic rings. The predicted octanol–water partition coefficient (Wildman–Crippen LogP) is 1.78. The van der Waals surface area contributed by atoms with Gasteiger partial charge in [0.05, 0.1) is 7.11 Å². The maximum absolute atomic E-state index is 11.1. The standard InChI is InChI=1S/C12H12O5/c1-14-7-16-11-6-9-8(5-10(11)15-2)3-4-12(13)17-9/h3-6H,7H2,1-2H3. The number of hydrogen-bond donors (Lipinski definition) is 0. The van der Waals surface area contributed by atoms with Gasteiger partial charge >= 0.3 is 5.63 Å². The quantitative estimate of drug-likeness (QED) is 0.598. The molecule has 0 amide bonds. The molecule has 0 bridgehead atoms. The van der Waals surface area contributed by atoms with Gasteiger partial charge in [-0.2, -0.15) is 0 Å². The Hall–Kier alpha value is -2.01. The van der Waals surface area contributed by atoms with Crippen molar-refractivity contribution in [1.29, 1.82) is 0 Å². The monoisotopic (exact) mass is 236 g/mol. The summed E-state index contributed by atoms with van der Waals surface area (Å²) >= 11 is 0. The van der Waals surface area contributed by atoms with Crippen LogP contribution in [0.1, 0.15) is 0 Å². The number of ether oxygens (including phenoxy) is 3. The molecule has 1 heterocycles. The van der Waals surface area contributed by atoms with Crippen LogP contribution < -0.4 is 15.1 Å². The molecule has 5 heteroatoms. The van der Waals surface area contributed by atoms with Gasteiger partial charge in [0.2, 0.25) is 0 Å². The summed E-state index contributed by atoms with van der Waals surface area (Å²) in [6, 6.07) is 6.37. The van der Waals surface area contributed by atoms with E-state index in [2.05, 4.69) is 0 Å². The van der Waals surface area contributed by atoms with Gasteiger partial charge in [0.15, 0.2) is 18.3 Å². The highest BCUT2D eigenvalue weighted by molar-refractivity contribution is 5.80. The van der Waals surface area contributed by atoms with E-state index >= 15 is 0 Å². The summed E-state index contributed by atoms with van der Waals surface area (Å²) in [7, 11) is 3.06. The average molecular weight is 236 g/mol. The second-order valence-corrected chi connectivity index (χ2v) is 3.35. The highest BCUT2D eigenvalue weighted by Crippen LogP contribution is 2.31. The van der Waals surface area contributed by atoms with Crippen molar-refractivity contribution in [3.63, 3.8) is 0 Å². The van der Waals surface area contributed by atoms with Gasteiger partial charge in [-0.1, -0.05) is 0 Å². The van der Waals surface area contributed by atoms with Crippen LogP contribution in [0.4, 0.5) is 0 Å². The van der Waals surface area contributed by atoms with Crippen molar-refractivity contribution < 1.29 is 18.6 Å². The molecular formula is C12H12O5. The lowest BCUT2D eigenvalue weighted by molar-refractivity contribution is 0.0492. The molecule has 17 heavy (non-hydrogen) atoms. The SMILES string of the molecule is COCOc1cc2oc(=O)ccc2cc1OC. The molecule has 0 atom stereocenters. The zero-order valence-electron chi connectivity index (χ0n) is 9.56. The third-order valence-corrected chi connectivity index (χ3v) is 2.24. The van der Waals surface area contributed by atoms with Crippen molar-refractivity contribution in [2.24, 2.45) is 0 Å². The first-order valence-corrected chi connectivity index (χ1v) is 4.98. The maximum Gasteiger partial charge on any atom is 0.336 e. The molecule has 0 aliphatic carbocycles. The largest absolute Gasteiger partial charge is 0.493 e. The lowest BCUT2D eigenvalue weighted by atomic mass is 10.2. The van der Waals surface area contributed by atoms with E-state index < -0.39 is 5.63 Å². The lowest BCUT2D eigenvalue weighted by Gasteiger charge is -2.10. The van der Waals surface area contributed by atoms with Crippen molar-refractivity contribution in [1.82, 2.24) is 0 Å². The molecule has 0 radical (unpaired) electrons. The van der Waals surface area contributed by atoms with E-state index in [9.17, 15) is 4.79 Å². The van der Waals surface area contributed by atoms with Crippen LogP contribution >= 0.6 is 0 Å². The molecule has 0 spiro atoms. The summed E-state index contributed by atoms with van der Waals surface area (Å²) in [5.41, 5.74) is 0.0461. The van der Waals surface area contributed by atoms with E-state index in [4.69, 9.17) is 18.6 Å². The molecule has 2 rings (SSSR count). The van der Waals surface area contributed by atoms with E-state index in [-0.39, 0.29) is 6.79 Å². The van der Waals surface area contributed by atoms with Gasteiger partial charge in [0, 0.05) is 24.6 Å². The number of benzene rings is 1. The molecule has 90 valence electrons. The van der Waals surface area contributed by atoms with Gasteiger partial charge in [-0.05, 0) is 12.1 Å². The van der Waals surface area contributed by atoms with Crippen molar-refractivity contribution >= 4 is 11.0 Å². The van der Waals surface area contributed by atoms with Crippen LogP contribution in [-0.4, -0.2) is 21.0 Å². The molecular weight excluding hydrogens is 224 g/mol. The van der Waals surface area contributed by atoms with Gasteiger partial charge in [0.1, 0.15) is 5.58 Å². The second-order valence-electron chi connectivity index (χ2n) is 3.35. The van der Waals surface area contributed by atoms with Crippen LogP contribution in [0, 0.1) is 0 Å². The van der Waals surface area contributed by atoms with Crippen molar-refractivity contribution in [3.8, 4) is 11.5 Å². The van der Waals surface area contributed by atoms with E-state index in [0.29, 0.717) is 17.1 Å². The Morgan fingerprint density at radius 3 is 2.71 bits per heavy atom. The fraction of sp³-hybridized carbons (Fsp3) is 0.250. The normalized spacial score (nSPS) is 10.5. The van der Waals surface area contributed by atoms with Crippen LogP contribution in [0.2, 0.25) is 0 Å². The molecule has 5 nitrogen and oxygen atoms in total. The van der Waals surface area contributed by atoms with Gasteiger partial charge in [0.25, 0.3) is 0 Å². The molecule has 0 saturated heterocycles. The third-order valence-electron chi connectivity index (χ3n) is 2.24. The van der Waals surface area contributed by atoms with Crippen LogP contribution in [-0.2, 0) is 4.74 Å².